The molecule has 0 saturated carbocycles. The van der Waals surface area contributed by atoms with E-state index in [-0.39, 0.29) is 43.7 Å². The summed E-state index contributed by atoms with van der Waals surface area (Å²) in [5.41, 5.74) is 4.50. The molecule has 0 saturated heterocycles. The molecule has 0 aliphatic carbocycles. The molecule has 7 nitrogen and oxygen atoms in total. The van der Waals surface area contributed by atoms with Crippen molar-refractivity contribution in [1.82, 2.24) is 0 Å². The third-order valence-corrected chi connectivity index (χ3v) is 0.791. The number of alkyl halides is 1. The molecular weight excluding hydrogens is 366 g/mol. The fourth-order valence-corrected chi connectivity index (χ4v) is 0. The Hall–Kier alpha value is -0.460. The van der Waals surface area contributed by atoms with E-state index in [1.54, 1.807) is 6.92 Å². The van der Waals surface area contributed by atoms with Gasteiger partial charge < -0.3 is 15.9 Å². The Morgan fingerprint density at radius 2 is 0.920 bits per heavy atom. The average Bonchev–Trinajstić information content (AvgIpc) is 2.42. The predicted octanol–water partition coefficient (Wildman–Crippen LogP) is 4.47. The second-order valence-electron chi connectivity index (χ2n) is 2.87. The van der Waals surface area contributed by atoms with Crippen LogP contribution in [0.4, 0.5) is 0 Å². The number of rotatable bonds is 2. The Morgan fingerprint density at radius 1 is 0.840 bits per heavy atom. The van der Waals surface area contributed by atoms with Crippen molar-refractivity contribution in [2.75, 3.05) is 38.7 Å². The van der Waals surface area contributed by atoms with Crippen molar-refractivity contribution in [2.24, 2.45) is 5.73 Å². The van der Waals surface area contributed by atoms with E-state index in [1.807, 2.05) is 13.8 Å². The first kappa shape index (κ1) is 74.2. The zero-order chi connectivity index (χ0) is 18.0. The van der Waals surface area contributed by atoms with Gasteiger partial charge in [-0.05, 0) is 26.8 Å². The normalized spacial score (nSPS) is 5.76. The summed E-state index contributed by atoms with van der Waals surface area (Å²) in [7, 11) is -1.17. The van der Waals surface area contributed by atoms with Crippen LogP contribution in [0.25, 0.3) is 0 Å². The topological polar surface area (TPSA) is 148 Å². The Morgan fingerprint density at radius 3 is 0.920 bits per heavy atom. The largest absolute Gasteiger partial charge is 0.397 e. The minimum absolute atomic E-state index is 0. The van der Waals surface area contributed by atoms with E-state index >= 15 is 0 Å². The summed E-state index contributed by atoms with van der Waals surface area (Å²) in [5, 5.41) is 27.4. The minimum Gasteiger partial charge on any atom is -0.397 e. The molecule has 0 radical (unpaired) electrons. The third-order valence-electron chi connectivity index (χ3n) is 0.413. The van der Waals surface area contributed by atoms with Crippen molar-refractivity contribution >= 4 is 21.4 Å². The predicted molar refractivity (Wildman–Crippen MR) is 119 cm³/mol. The van der Waals surface area contributed by atoms with Gasteiger partial charge in [0.05, 0.1) is 0 Å². The maximum Gasteiger partial charge on any atom is 0.144 e. The van der Waals surface area contributed by atoms with Gasteiger partial charge >= 0.3 is 0 Å². The molecule has 0 unspecified atom stereocenters. The van der Waals surface area contributed by atoms with Crippen LogP contribution >= 0.6 is 11.6 Å². The summed E-state index contributed by atoms with van der Waals surface area (Å²) in [6.07, 6.45) is 4.28. The zero-order valence-corrected chi connectivity index (χ0v) is 15.1. The van der Waals surface area contributed by atoms with Crippen molar-refractivity contribution in [1.29, 1.82) is 10.8 Å². The van der Waals surface area contributed by atoms with E-state index in [9.17, 15) is 8.42 Å². The molecule has 0 aromatic heterocycles. The fourth-order valence-electron chi connectivity index (χ4n) is 0. The molecule has 9 heteroatoms. The van der Waals surface area contributed by atoms with Crippen LogP contribution in [0.3, 0.4) is 0 Å². The molecule has 168 valence electrons. The SMILES string of the molecule is C.C.C.C.C.CCCCl.CCCO.CCO.CN.CS(C)(=O)=O.N#N. The molecule has 0 fully saturated rings. The smallest absolute Gasteiger partial charge is 0.144 e. The summed E-state index contributed by atoms with van der Waals surface area (Å²) in [6, 6.07) is 0. The van der Waals surface area contributed by atoms with Crippen LogP contribution < -0.4 is 5.73 Å². The summed E-state index contributed by atoms with van der Waals surface area (Å²) in [5.74, 6) is 0.792. The van der Waals surface area contributed by atoms with E-state index in [2.05, 4.69) is 5.73 Å². The standard InChI is InChI=1S/C3H7Cl.C3H8O.C2H6O2S.C2H6O.CH5N.5CH4.N2/c2*1-2-3-4;1-5(2,3)4;1-2-3;1-2;;;;;;1-2/h2-3H2,1H3;4H,2-3H2,1H3;1-2H3;3H,2H2,1H3;2H2,1H3;5*1H4;. The summed E-state index contributed by atoms with van der Waals surface area (Å²) < 4.78 is 19.3. The molecule has 0 bridgehead atoms. The van der Waals surface area contributed by atoms with Crippen molar-refractivity contribution < 1.29 is 18.6 Å². The average molecular weight is 418 g/mol. The summed E-state index contributed by atoms with van der Waals surface area (Å²) in [6.45, 7) is 6.23. The maximum atomic E-state index is 9.63. The number of aliphatic hydroxyl groups is 2. The third kappa shape index (κ3) is 4610. The van der Waals surface area contributed by atoms with Crippen LogP contribution in [-0.4, -0.2) is 57.3 Å². The molecule has 0 amide bonds. The molecule has 0 heterocycles. The lowest BCUT2D eigenvalue weighted by Crippen LogP contribution is -1.86. The number of nitrogens with two attached hydrogens (primary N) is 1. The first-order valence-corrected chi connectivity index (χ1v) is 8.78. The van der Waals surface area contributed by atoms with Crippen molar-refractivity contribution in [3.63, 3.8) is 0 Å². The van der Waals surface area contributed by atoms with Crippen molar-refractivity contribution in [3.05, 3.63) is 0 Å². The van der Waals surface area contributed by atoms with Crippen LogP contribution in [0.5, 0.6) is 0 Å². The van der Waals surface area contributed by atoms with Crippen LogP contribution in [-0.2, 0) is 9.84 Å². The number of aliphatic hydroxyl groups excluding tert-OH is 2. The summed E-state index contributed by atoms with van der Waals surface area (Å²) in [4.78, 5) is 0. The second-order valence-corrected chi connectivity index (χ2v) is 5.54. The van der Waals surface area contributed by atoms with Crippen molar-refractivity contribution in [3.8, 4) is 0 Å². The molecule has 0 aliphatic heterocycles. The van der Waals surface area contributed by atoms with Crippen LogP contribution in [0.1, 0.15) is 70.7 Å². The van der Waals surface area contributed by atoms with Crippen LogP contribution in [0.2, 0.25) is 0 Å². The van der Waals surface area contributed by atoms with Gasteiger partial charge in [0.1, 0.15) is 9.84 Å². The molecule has 0 rings (SSSR count). The number of hydrogen-bond acceptors (Lipinski definition) is 7. The number of halogens is 1. The van der Waals surface area contributed by atoms with Gasteiger partial charge in [-0.3, -0.25) is 0 Å². The van der Waals surface area contributed by atoms with E-state index in [4.69, 9.17) is 32.6 Å². The van der Waals surface area contributed by atoms with Gasteiger partial charge in [0.15, 0.2) is 0 Å². The number of hydrogen-bond donors (Lipinski definition) is 3. The van der Waals surface area contributed by atoms with Gasteiger partial charge in [-0.25, -0.2) is 8.42 Å². The molecule has 0 aromatic rings. The van der Waals surface area contributed by atoms with E-state index in [1.165, 1.54) is 7.05 Å². The summed E-state index contributed by atoms with van der Waals surface area (Å²) >= 11 is 5.19. The number of sulfone groups is 1. The highest BCUT2D eigenvalue weighted by Gasteiger charge is 1.79. The molecule has 0 spiro atoms. The lowest BCUT2D eigenvalue weighted by atomic mass is 10.5. The Kier molecular flexibility index (Phi) is 319. The van der Waals surface area contributed by atoms with Crippen molar-refractivity contribution in [2.45, 2.75) is 70.7 Å². The Balaban J connectivity index is -0.0000000103. The van der Waals surface area contributed by atoms with E-state index in [0.29, 0.717) is 6.61 Å². The fraction of sp³-hybridized carbons (Fsp3) is 1.00. The quantitative estimate of drug-likeness (QED) is 0.443. The molecule has 25 heavy (non-hydrogen) atoms. The highest BCUT2D eigenvalue weighted by molar-refractivity contribution is 7.89. The molecular formula is C16H52ClN3O4S. The first-order chi connectivity index (χ1) is 9.24. The first-order valence-electron chi connectivity index (χ1n) is 5.95. The Bertz CT molecular complexity index is 201. The lowest BCUT2D eigenvalue weighted by Gasteiger charge is -1.69. The molecule has 0 aromatic carbocycles. The molecule has 0 aliphatic rings. The van der Waals surface area contributed by atoms with Crippen LogP contribution in [0, 0.1) is 10.8 Å². The minimum atomic E-state index is -2.67. The highest BCUT2D eigenvalue weighted by Crippen LogP contribution is 1.75. The lowest BCUT2D eigenvalue weighted by molar-refractivity contribution is 0.295. The maximum absolute atomic E-state index is 9.63. The van der Waals surface area contributed by atoms with Gasteiger partial charge in [-0.1, -0.05) is 51.0 Å². The van der Waals surface area contributed by atoms with E-state index in [0.717, 1.165) is 31.2 Å². The number of nitrogens with zero attached hydrogens (tertiary/aromatic N) is 2. The monoisotopic (exact) mass is 417 g/mol. The highest BCUT2D eigenvalue weighted by atomic mass is 35.5. The van der Waals surface area contributed by atoms with Gasteiger partial charge in [0.25, 0.3) is 0 Å². The second kappa shape index (κ2) is 108. The molecule has 4 N–H and O–H groups in total. The van der Waals surface area contributed by atoms with Gasteiger partial charge in [-0.2, -0.15) is 0 Å². The Labute approximate surface area is 166 Å². The van der Waals surface area contributed by atoms with Gasteiger partial charge in [-0.15, -0.1) is 11.6 Å². The zero-order valence-electron chi connectivity index (χ0n) is 13.5. The van der Waals surface area contributed by atoms with Crippen LogP contribution in [0.15, 0.2) is 0 Å². The van der Waals surface area contributed by atoms with Gasteiger partial charge in [0.2, 0.25) is 0 Å². The molecule has 0 atom stereocenters. The van der Waals surface area contributed by atoms with Gasteiger partial charge in [0, 0.05) is 42.4 Å². The van der Waals surface area contributed by atoms with E-state index < -0.39 is 9.84 Å².